The van der Waals surface area contributed by atoms with Gasteiger partial charge in [0, 0.05) is 24.2 Å². The minimum atomic E-state index is -0.498. The van der Waals surface area contributed by atoms with Crippen molar-refractivity contribution < 1.29 is 14.5 Å². The van der Waals surface area contributed by atoms with E-state index in [-0.39, 0.29) is 11.4 Å². The van der Waals surface area contributed by atoms with E-state index in [4.69, 9.17) is 0 Å². The van der Waals surface area contributed by atoms with Crippen LogP contribution in [0.1, 0.15) is 21.5 Å². The molecule has 0 aromatic heterocycles. The SMILES string of the molecule is O=C(NCCc1ccccc1)C(=Cc1ccc([N+](=O)[O-])cc1)NC(=O)c1ccccc1. The summed E-state index contributed by atoms with van der Waals surface area (Å²) in [7, 11) is 0. The van der Waals surface area contributed by atoms with Crippen LogP contribution in [0.25, 0.3) is 6.08 Å². The number of nitrogens with one attached hydrogen (secondary N) is 2. The first-order valence-electron chi connectivity index (χ1n) is 9.67. The fourth-order valence-corrected chi connectivity index (χ4v) is 2.86. The van der Waals surface area contributed by atoms with E-state index in [2.05, 4.69) is 10.6 Å². The van der Waals surface area contributed by atoms with Gasteiger partial charge in [0.1, 0.15) is 5.70 Å². The molecule has 0 atom stereocenters. The van der Waals surface area contributed by atoms with E-state index in [0.717, 1.165) is 5.56 Å². The van der Waals surface area contributed by atoms with Gasteiger partial charge in [0.15, 0.2) is 0 Å². The Labute approximate surface area is 179 Å². The summed E-state index contributed by atoms with van der Waals surface area (Å²) in [4.78, 5) is 35.7. The van der Waals surface area contributed by atoms with E-state index in [1.807, 2.05) is 30.3 Å². The zero-order chi connectivity index (χ0) is 22.1. The Morgan fingerprint density at radius 1 is 0.871 bits per heavy atom. The van der Waals surface area contributed by atoms with Gasteiger partial charge in [-0.2, -0.15) is 0 Å². The number of benzene rings is 3. The molecule has 0 spiro atoms. The van der Waals surface area contributed by atoms with E-state index in [1.54, 1.807) is 30.3 Å². The number of carbonyl (C=O) groups excluding carboxylic acids is 2. The minimum absolute atomic E-state index is 0.0516. The predicted octanol–water partition coefficient (Wildman–Crippen LogP) is 3.72. The van der Waals surface area contributed by atoms with Crippen LogP contribution in [0.2, 0.25) is 0 Å². The van der Waals surface area contributed by atoms with Crippen molar-refractivity contribution in [2.24, 2.45) is 0 Å². The van der Waals surface area contributed by atoms with Gasteiger partial charge in [0.05, 0.1) is 4.92 Å². The number of nitro groups is 1. The highest BCUT2D eigenvalue weighted by Gasteiger charge is 2.15. The normalized spacial score (nSPS) is 10.9. The summed E-state index contributed by atoms with van der Waals surface area (Å²) in [6, 6.07) is 24.0. The fourth-order valence-electron chi connectivity index (χ4n) is 2.86. The second-order valence-electron chi connectivity index (χ2n) is 6.72. The molecule has 0 unspecified atom stereocenters. The largest absolute Gasteiger partial charge is 0.350 e. The predicted molar refractivity (Wildman–Crippen MR) is 118 cm³/mol. The van der Waals surface area contributed by atoms with Gasteiger partial charge in [-0.1, -0.05) is 48.5 Å². The number of hydrogen-bond acceptors (Lipinski definition) is 4. The van der Waals surface area contributed by atoms with E-state index < -0.39 is 16.7 Å². The van der Waals surface area contributed by atoms with Crippen molar-refractivity contribution in [2.45, 2.75) is 6.42 Å². The highest BCUT2D eigenvalue weighted by molar-refractivity contribution is 6.05. The maximum Gasteiger partial charge on any atom is 0.269 e. The zero-order valence-corrected chi connectivity index (χ0v) is 16.7. The first-order chi connectivity index (χ1) is 15.0. The zero-order valence-electron chi connectivity index (χ0n) is 16.7. The first-order valence-corrected chi connectivity index (χ1v) is 9.67. The Balaban J connectivity index is 1.76. The second kappa shape index (κ2) is 10.5. The van der Waals surface area contributed by atoms with Gasteiger partial charge < -0.3 is 10.6 Å². The third-order valence-electron chi connectivity index (χ3n) is 4.49. The average molecular weight is 415 g/mol. The highest BCUT2D eigenvalue weighted by atomic mass is 16.6. The summed E-state index contributed by atoms with van der Waals surface area (Å²) in [5.74, 6) is -0.870. The maximum absolute atomic E-state index is 12.8. The van der Waals surface area contributed by atoms with Crippen LogP contribution in [-0.2, 0) is 11.2 Å². The van der Waals surface area contributed by atoms with Crippen molar-refractivity contribution in [1.82, 2.24) is 10.6 Å². The lowest BCUT2D eigenvalue weighted by Gasteiger charge is -2.11. The van der Waals surface area contributed by atoms with Crippen LogP contribution in [0.5, 0.6) is 0 Å². The first kappa shape index (κ1) is 21.4. The number of hydrogen-bond donors (Lipinski definition) is 2. The Hall–Kier alpha value is -4.26. The third-order valence-corrected chi connectivity index (χ3v) is 4.49. The number of rotatable bonds is 8. The van der Waals surface area contributed by atoms with Gasteiger partial charge in [-0.05, 0) is 47.9 Å². The van der Waals surface area contributed by atoms with Crippen LogP contribution >= 0.6 is 0 Å². The van der Waals surface area contributed by atoms with Gasteiger partial charge in [-0.15, -0.1) is 0 Å². The standard InChI is InChI=1S/C24H21N3O4/c28-23(20-9-5-2-6-10-20)26-22(17-19-11-13-21(14-12-19)27(30)31)24(29)25-16-15-18-7-3-1-4-8-18/h1-14,17H,15-16H2,(H,25,29)(H,26,28). The quantitative estimate of drug-likeness (QED) is 0.333. The summed E-state index contributed by atoms with van der Waals surface area (Å²) in [5, 5.41) is 16.3. The molecule has 0 saturated carbocycles. The summed E-state index contributed by atoms with van der Waals surface area (Å²) in [5.41, 5.74) is 2.04. The van der Waals surface area contributed by atoms with Crippen molar-refractivity contribution in [3.63, 3.8) is 0 Å². The van der Waals surface area contributed by atoms with Gasteiger partial charge in [-0.3, -0.25) is 19.7 Å². The molecular weight excluding hydrogens is 394 g/mol. The molecule has 0 radical (unpaired) electrons. The topological polar surface area (TPSA) is 101 Å². The smallest absolute Gasteiger partial charge is 0.269 e. The molecule has 3 aromatic carbocycles. The van der Waals surface area contributed by atoms with E-state index in [0.29, 0.717) is 24.1 Å². The van der Waals surface area contributed by atoms with Crippen LogP contribution in [0.4, 0.5) is 5.69 Å². The molecule has 3 rings (SSSR count). The molecule has 0 aliphatic rings. The Morgan fingerprint density at radius 2 is 1.48 bits per heavy atom. The van der Waals surface area contributed by atoms with Crippen molar-refractivity contribution in [3.05, 3.63) is 117 Å². The highest BCUT2D eigenvalue weighted by Crippen LogP contribution is 2.14. The maximum atomic E-state index is 12.8. The molecular formula is C24H21N3O4. The molecule has 0 bridgehead atoms. The number of carbonyl (C=O) groups is 2. The van der Waals surface area contributed by atoms with Crippen LogP contribution < -0.4 is 10.6 Å². The number of nitro benzene ring substituents is 1. The molecule has 0 fully saturated rings. The summed E-state index contributed by atoms with van der Waals surface area (Å²) >= 11 is 0. The van der Waals surface area contributed by atoms with Crippen LogP contribution in [0, 0.1) is 10.1 Å². The average Bonchev–Trinajstić information content (AvgIpc) is 2.80. The summed E-state index contributed by atoms with van der Waals surface area (Å²) in [6.45, 7) is 0.391. The van der Waals surface area contributed by atoms with Crippen LogP contribution in [-0.4, -0.2) is 23.3 Å². The van der Waals surface area contributed by atoms with Gasteiger partial charge in [0.25, 0.3) is 17.5 Å². The monoisotopic (exact) mass is 415 g/mol. The lowest BCUT2D eigenvalue weighted by atomic mass is 10.1. The Kier molecular flexibility index (Phi) is 7.26. The van der Waals surface area contributed by atoms with Crippen molar-refractivity contribution >= 4 is 23.6 Å². The Bertz CT molecular complexity index is 1080. The Morgan fingerprint density at radius 3 is 2.10 bits per heavy atom. The molecule has 31 heavy (non-hydrogen) atoms. The van der Waals surface area contributed by atoms with Crippen molar-refractivity contribution in [3.8, 4) is 0 Å². The molecule has 156 valence electrons. The summed E-state index contributed by atoms with van der Waals surface area (Å²) in [6.07, 6.45) is 2.13. The lowest BCUT2D eigenvalue weighted by Crippen LogP contribution is -2.35. The van der Waals surface area contributed by atoms with Crippen LogP contribution in [0.3, 0.4) is 0 Å². The van der Waals surface area contributed by atoms with Crippen LogP contribution in [0.15, 0.2) is 90.6 Å². The molecule has 2 N–H and O–H groups in total. The molecule has 2 amide bonds. The second-order valence-corrected chi connectivity index (χ2v) is 6.72. The minimum Gasteiger partial charge on any atom is -0.350 e. The summed E-state index contributed by atoms with van der Waals surface area (Å²) < 4.78 is 0. The number of non-ortho nitro benzene ring substituents is 1. The van der Waals surface area contributed by atoms with Gasteiger partial charge in [0.2, 0.25) is 0 Å². The number of nitrogens with zero attached hydrogens (tertiary/aromatic N) is 1. The van der Waals surface area contributed by atoms with E-state index >= 15 is 0 Å². The molecule has 3 aromatic rings. The van der Waals surface area contributed by atoms with E-state index in [1.165, 1.54) is 30.3 Å². The molecule has 7 nitrogen and oxygen atoms in total. The van der Waals surface area contributed by atoms with Gasteiger partial charge >= 0.3 is 0 Å². The molecule has 0 aliphatic heterocycles. The van der Waals surface area contributed by atoms with Gasteiger partial charge in [-0.25, -0.2) is 0 Å². The molecule has 7 heteroatoms. The van der Waals surface area contributed by atoms with E-state index in [9.17, 15) is 19.7 Å². The molecule has 0 heterocycles. The lowest BCUT2D eigenvalue weighted by molar-refractivity contribution is -0.384. The van der Waals surface area contributed by atoms with Crippen molar-refractivity contribution in [1.29, 1.82) is 0 Å². The molecule has 0 saturated heterocycles. The third kappa shape index (κ3) is 6.37. The van der Waals surface area contributed by atoms with Crippen molar-refractivity contribution in [2.75, 3.05) is 6.54 Å². The molecule has 0 aliphatic carbocycles. The fraction of sp³-hybridized carbons (Fsp3) is 0.0833. The number of amides is 2.